The normalized spacial score (nSPS) is 23.5. The SMILES string of the molecule is Cl.NC1CC1c1ccc2ccccc2c1. The topological polar surface area (TPSA) is 26.0 Å². The van der Waals surface area contributed by atoms with Gasteiger partial charge in [-0.3, -0.25) is 0 Å². The van der Waals surface area contributed by atoms with E-state index in [1.807, 2.05) is 0 Å². The minimum absolute atomic E-state index is 0. The van der Waals surface area contributed by atoms with Crippen LogP contribution < -0.4 is 5.73 Å². The summed E-state index contributed by atoms with van der Waals surface area (Å²) in [6.07, 6.45) is 1.15. The van der Waals surface area contributed by atoms with Crippen LogP contribution in [0.5, 0.6) is 0 Å². The molecule has 15 heavy (non-hydrogen) atoms. The Hall–Kier alpha value is -1.05. The molecular weight excluding hydrogens is 206 g/mol. The van der Waals surface area contributed by atoms with Gasteiger partial charge in [0.15, 0.2) is 0 Å². The van der Waals surface area contributed by atoms with Crippen LogP contribution >= 0.6 is 12.4 Å². The van der Waals surface area contributed by atoms with Crippen molar-refractivity contribution in [1.29, 1.82) is 0 Å². The van der Waals surface area contributed by atoms with Crippen LogP contribution in [0.25, 0.3) is 10.8 Å². The fourth-order valence-electron chi connectivity index (χ4n) is 2.04. The van der Waals surface area contributed by atoms with E-state index in [0.717, 1.165) is 6.42 Å². The Morgan fingerprint density at radius 2 is 1.67 bits per heavy atom. The van der Waals surface area contributed by atoms with E-state index in [1.165, 1.54) is 16.3 Å². The van der Waals surface area contributed by atoms with E-state index < -0.39 is 0 Å². The second-order valence-electron chi connectivity index (χ2n) is 4.11. The summed E-state index contributed by atoms with van der Waals surface area (Å²) >= 11 is 0. The first-order chi connectivity index (χ1) is 6.84. The molecule has 78 valence electrons. The lowest BCUT2D eigenvalue weighted by Gasteiger charge is -2.01. The lowest BCUT2D eigenvalue weighted by molar-refractivity contribution is 0.992. The van der Waals surface area contributed by atoms with Crippen LogP contribution in [0.15, 0.2) is 42.5 Å². The average molecular weight is 220 g/mol. The van der Waals surface area contributed by atoms with Crippen LogP contribution in [0.4, 0.5) is 0 Å². The molecule has 1 fully saturated rings. The molecule has 0 spiro atoms. The number of fused-ring (bicyclic) bond motifs is 1. The third-order valence-corrected chi connectivity index (χ3v) is 3.04. The first-order valence-corrected chi connectivity index (χ1v) is 5.09. The van der Waals surface area contributed by atoms with Crippen molar-refractivity contribution >= 4 is 23.2 Å². The highest BCUT2D eigenvalue weighted by Gasteiger charge is 2.34. The van der Waals surface area contributed by atoms with Crippen molar-refractivity contribution in [3.05, 3.63) is 48.0 Å². The van der Waals surface area contributed by atoms with Crippen molar-refractivity contribution in [3.63, 3.8) is 0 Å². The van der Waals surface area contributed by atoms with Gasteiger partial charge < -0.3 is 5.73 Å². The molecule has 1 saturated carbocycles. The monoisotopic (exact) mass is 219 g/mol. The van der Waals surface area contributed by atoms with Crippen LogP contribution in [-0.4, -0.2) is 6.04 Å². The second-order valence-corrected chi connectivity index (χ2v) is 4.11. The zero-order valence-electron chi connectivity index (χ0n) is 8.39. The van der Waals surface area contributed by atoms with Crippen LogP contribution in [-0.2, 0) is 0 Å². The number of nitrogens with two attached hydrogens (primary N) is 1. The van der Waals surface area contributed by atoms with Crippen LogP contribution in [0.1, 0.15) is 17.9 Å². The van der Waals surface area contributed by atoms with Gasteiger partial charge in [-0.1, -0.05) is 42.5 Å². The van der Waals surface area contributed by atoms with E-state index in [-0.39, 0.29) is 12.4 Å². The molecule has 1 nitrogen and oxygen atoms in total. The summed E-state index contributed by atoms with van der Waals surface area (Å²) < 4.78 is 0. The van der Waals surface area contributed by atoms with E-state index in [0.29, 0.717) is 12.0 Å². The summed E-state index contributed by atoms with van der Waals surface area (Å²) in [6, 6.07) is 15.5. The van der Waals surface area contributed by atoms with Gasteiger partial charge in [-0.25, -0.2) is 0 Å². The molecule has 0 saturated heterocycles. The summed E-state index contributed by atoms with van der Waals surface area (Å²) in [5.41, 5.74) is 7.24. The van der Waals surface area contributed by atoms with Gasteiger partial charge in [-0.2, -0.15) is 0 Å². The first kappa shape index (κ1) is 10.5. The van der Waals surface area contributed by atoms with Crippen LogP contribution in [0.3, 0.4) is 0 Å². The smallest absolute Gasteiger partial charge is 0.0115 e. The minimum Gasteiger partial charge on any atom is -0.327 e. The standard InChI is InChI=1S/C13H13N.ClH/c14-13-8-12(13)11-6-5-9-3-1-2-4-10(9)7-11;/h1-7,12-13H,8,14H2;1H. The molecule has 0 radical (unpaired) electrons. The van der Waals surface area contributed by atoms with Crippen molar-refractivity contribution in [3.8, 4) is 0 Å². The van der Waals surface area contributed by atoms with E-state index in [9.17, 15) is 0 Å². The number of hydrogen-bond donors (Lipinski definition) is 1. The molecule has 2 aromatic rings. The maximum atomic E-state index is 5.84. The Morgan fingerprint density at radius 1 is 1.00 bits per heavy atom. The Bertz CT molecular complexity index is 481. The molecule has 0 heterocycles. The first-order valence-electron chi connectivity index (χ1n) is 5.09. The van der Waals surface area contributed by atoms with Gasteiger partial charge >= 0.3 is 0 Å². The number of rotatable bonds is 1. The van der Waals surface area contributed by atoms with E-state index >= 15 is 0 Å². The molecular formula is C13H14ClN. The third kappa shape index (κ3) is 1.85. The van der Waals surface area contributed by atoms with E-state index in [1.54, 1.807) is 0 Å². The highest BCUT2D eigenvalue weighted by molar-refractivity contribution is 5.85. The number of halogens is 1. The van der Waals surface area contributed by atoms with Crippen LogP contribution in [0.2, 0.25) is 0 Å². The van der Waals surface area contributed by atoms with Gasteiger partial charge in [0.25, 0.3) is 0 Å². The fraction of sp³-hybridized carbons (Fsp3) is 0.231. The molecule has 0 amide bonds. The molecule has 0 aromatic heterocycles. The molecule has 1 aliphatic rings. The van der Waals surface area contributed by atoms with Crippen molar-refractivity contribution in [2.45, 2.75) is 18.4 Å². The molecule has 2 atom stereocenters. The van der Waals surface area contributed by atoms with E-state index in [2.05, 4.69) is 42.5 Å². The fourth-order valence-corrected chi connectivity index (χ4v) is 2.04. The van der Waals surface area contributed by atoms with Crippen molar-refractivity contribution in [1.82, 2.24) is 0 Å². The highest BCUT2D eigenvalue weighted by Crippen LogP contribution is 2.39. The zero-order valence-corrected chi connectivity index (χ0v) is 9.21. The van der Waals surface area contributed by atoms with Gasteiger partial charge in [0, 0.05) is 12.0 Å². The zero-order chi connectivity index (χ0) is 9.54. The second kappa shape index (κ2) is 3.84. The van der Waals surface area contributed by atoms with Gasteiger partial charge in [0.1, 0.15) is 0 Å². The lowest BCUT2D eigenvalue weighted by atomic mass is 10.0. The summed E-state index contributed by atoms with van der Waals surface area (Å²) in [4.78, 5) is 0. The van der Waals surface area contributed by atoms with Crippen molar-refractivity contribution < 1.29 is 0 Å². The van der Waals surface area contributed by atoms with Crippen molar-refractivity contribution in [2.75, 3.05) is 0 Å². The lowest BCUT2D eigenvalue weighted by Crippen LogP contribution is -2.00. The molecule has 2 N–H and O–H groups in total. The van der Waals surface area contributed by atoms with Gasteiger partial charge in [0.2, 0.25) is 0 Å². The molecule has 1 aliphatic carbocycles. The Labute approximate surface area is 95.7 Å². The minimum atomic E-state index is 0. The van der Waals surface area contributed by atoms with E-state index in [4.69, 9.17) is 5.73 Å². The number of hydrogen-bond acceptors (Lipinski definition) is 1. The summed E-state index contributed by atoms with van der Waals surface area (Å²) in [7, 11) is 0. The maximum absolute atomic E-state index is 5.84. The predicted octanol–water partition coefficient (Wildman–Crippen LogP) is 3.08. The van der Waals surface area contributed by atoms with Gasteiger partial charge in [-0.15, -0.1) is 12.4 Å². The van der Waals surface area contributed by atoms with Crippen molar-refractivity contribution in [2.24, 2.45) is 5.73 Å². The van der Waals surface area contributed by atoms with Gasteiger partial charge in [0.05, 0.1) is 0 Å². The van der Waals surface area contributed by atoms with Gasteiger partial charge in [-0.05, 0) is 22.8 Å². The summed E-state index contributed by atoms with van der Waals surface area (Å²) in [6.45, 7) is 0. The van der Waals surface area contributed by atoms with Crippen LogP contribution in [0, 0.1) is 0 Å². The Morgan fingerprint density at radius 3 is 2.33 bits per heavy atom. The molecule has 0 aliphatic heterocycles. The summed E-state index contributed by atoms with van der Waals surface area (Å²) in [5, 5.41) is 2.63. The molecule has 0 bridgehead atoms. The molecule has 3 rings (SSSR count). The molecule has 2 heteroatoms. The summed E-state index contributed by atoms with van der Waals surface area (Å²) in [5.74, 6) is 0.611. The third-order valence-electron chi connectivity index (χ3n) is 3.04. The predicted molar refractivity (Wildman–Crippen MR) is 66.5 cm³/mol. The number of benzene rings is 2. The quantitative estimate of drug-likeness (QED) is 0.784. The Kier molecular flexibility index (Phi) is 2.68. The maximum Gasteiger partial charge on any atom is 0.0115 e. The average Bonchev–Trinajstić information content (AvgIpc) is 2.95. The molecule has 2 unspecified atom stereocenters. The molecule has 2 aromatic carbocycles. The largest absolute Gasteiger partial charge is 0.327 e. The highest BCUT2D eigenvalue weighted by atomic mass is 35.5. The Balaban J connectivity index is 0.000000853.